The molecule has 4 aliphatic carbocycles. The van der Waals surface area contributed by atoms with Crippen molar-refractivity contribution in [3.63, 3.8) is 0 Å². The number of benzene rings is 1. The predicted octanol–water partition coefficient (Wildman–Crippen LogP) is 4.76. The van der Waals surface area contributed by atoms with Gasteiger partial charge in [-0.3, -0.25) is 4.98 Å². The van der Waals surface area contributed by atoms with Gasteiger partial charge in [-0.25, -0.2) is 18.9 Å². The van der Waals surface area contributed by atoms with Crippen LogP contribution in [0.4, 0.5) is 15.3 Å². The number of hydrogen-bond acceptors (Lipinski definition) is 4. The number of amides is 4. The van der Waals surface area contributed by atoms with Gasteiger partial charge in [-0.2, -0.15) is 0 Å². The lowest BCUT2D eigenvalue weighted by Gasteiger charge is -2.23. The van der Waals surface area contributed by atoms with Crippen molar-refractivity contribution in [3.05, 3.63) is 52.3 Å². The van der Waals surface area contributed by atoms with E-state index in [1.54, 1.807) is 12.1 Å². The Morgan fingerprint density at radius 3 is 2.62 bits per heavy atom. The third kappa shape index (κ3) is 5.35. The standard InChI is InChI=1S/C30H40N6O3S/c1-30(2)14-12-23-26(22-4-3-5-24(22)33-27(23)30)35-29(38)36-40(31,39)21-10-7-18(8-11-21)13-15-32-28(37)34-25-17-19-6-9-20(25)16-19/h7-8,10-11,19-20,25H,3-6,9,12-17H2,1-2H3,(H2,32,34,37)(H3,31,33,35,36,38,39). The molecule has 40 heavy (non-hydrogen) atoms. The molecular formula is C30H40N6O3S. The Kier molecular flexibility index (Phi) is 7.11. The van der Waals surface area contributed by atoms with Crippen molar-refractivity contribution in [2.75, 3.05) is 11.9 Å². The number of carbonyl (C=O) groups excluding carboxylic acids is 2. The topological polar surface area (TPSA) is 139 Å². The molecule has 1 aromatic carbocycles. The molecular weight excluding hydrogens is 524 g/mol. The van der Waals surface area contributed by atoms with E-state index in [-0.39, 0.29) is 11.4 Å². The van der Waals surface area contributed by atoms with Gasteiger partial charge in [0.1, 0.15) is 9.92 Å². The summed E-state index contributed by atoms with van der Waals surface area (Å²) in [4.78, 5) is 30.6. The van der Waals surface area contributed by atoms with E-state index in [4.69, 9.17) is 10.1 Å². The van der Waals surface area contributed by atoms with Gasteiger partial charge in [0.15, 0.2) is 0 Å². The molecule has 4 amide bonds. The van der Waals surface area contributed by atoms with Crippen LogP contribution in [-0.4, -0.2) is 33.8 Å². The minimum atomic E-state index is -3.43. The van der Waals surface area contributed by atoms with Crippen LogP contribution in [0.2, 0.25) is 0 Å². The number of carbonyl (C=O) groups is 2. The molecule has 2 fully saturated rings. The van der Waals surface area contributed by atoms with E-state index in [2.05, 4.69) is 34.2 Å². The summed E-state index contributed by atoms with van der Waals surface area (Å²) in [5, 5.41) is 15.1. The second-order valence-electron chi connectivity index (χ2n) is 12.6. The zero-order chi connectivity index (χ0) is 28.1. The van der Waals surface area contributed by atoms with Crippen molar-refractivity contribution in [3.8, 4) is 0 Å². The fourth-order valence-corrected chi connectivity index (χ4v) is 8.17. The number of nitrogens with one attached hydrogen (secondary N) is 3. The third-order valence-corrected chi connectivity index (χ3v) is 10.8. The number of fused-ring (bicyclic) bond motifs is 4. The molecule has 4 atom stereocenters. The molecule has 1 aromatic heterocycles. The minimum absolute atomic E-state index is 0.0400. The van der Waals surface area contributed by atoms with Gasteiger partial charge >= 0.3 is 12.1 Å². The van der Waals surface area contributed by atoms with Gasteiger partial charge in [0.25, 0.3) is 0 Å². The van der Waals surface area contributed by atoms with Crippen molar-refractivity contribution in [2.45, 2.75) is 94.4 Å². The third-order valence-electron chi connectivity index (χ3n) is 9.43. The van der Waals surface area contributed by atoms with Crippen molar-refractivity contribution in [1.29, 1.82) is 0 Å². The monoisotopic (exact) mass is 564 g/mol. The Balaban J connectivity index is 1.07. The van der Waals surface area contributed by atoms with E-state index < -0.39 is 15.9 Å². The zero-order valence-electron chi connectivity index (χ0n) is 23.4. The second-order valence-corrected chi connectivity index (χ2v) is 14.4. The Hall–Kier alpha value is -2.98. The van der Waals surface area contributed by atoms with Gasteiger partial charge in [-0.1, -0.05) is 32.4 Å². The average molecular weight is 565 g/mol. The van der Waals surface area contributed by atoms with E-state index >= 15 is 0 Å². The zero-order valence-corrected chi connectivity index (χ0v) is 24.2. The number of pyridine rings is 1. The maximum absolute atomic E-state index is 13.3. The molecule has 0 radical (unpaired) electrons. The molecule has 2 bridgehead atoms. The van der Waals surface area contributed by atoms with Gasteiger partial charge in [0.2, 0.25) is 0 Å². The quantitative estimate of drug-likeness (QED) is 0.402. The van der Waals surface area contributed by atoms with Gasteiger partial charge in [0.05, 0.1) is 16.3 Å². The molecule has 5 N–H and O–H groups in total. The lowest BCUT2D eigenvalue weighted by atomic mass is 9.90. The molecule has 1 heterocycles. The Labute approximate surface area is 236 Å². The molecule has 2 saturated carbocycles. The molecule has 10 heteroatoms. The van der Waals surface area contributed by atoms with Crippen LogP contribution in [0.15, 0.2) is 33.5 Å². The Morgan fingerprint density at radius 1 is 1.10 bits per heavy atom. The summed E-state index contributed by atoms with van der Waals surface area (Å²) in [6.07, 6.45) is 10.1. The van der Waals surface area contributed by atoms with Crippen LogP contribution in [0.25, 0.3) is 0 Å². The first-order valence-corrected chi connectivity index (χ1v) is 16.2. The first kappa shape index (κ1) is 27.2. The Bertz CT molecular complexity index is 1460. The van der Waals surface area contributed by atoms with E-state index in [1.807, 2.05) is 12.1 Å². The molecule has 0 spiro atoms. The highest BCUT2D eigenvalue weighted by atomic mass is 32.2. The highest BCUT2D eigenvalue weighted by molar-refractivity contribution is 7.91. The van der Waals surface area contributed by atoms with Crippen LogP contribution in [-0.2, 0) is 41.0 Å². The molecule has 0 aliphatic heterocycles. The number of hydrogen-bond donors (Lipinski definition) is 4. The molecule has 214 valence electrons. The van der Waals surface area contributed by atoms with Gasteiger partial charge in [-0.15, -0.1) is 4.36 Å². The summed E-state index contributed by atoms with van der Waals surface area (Å²) >= 11 is 0. The highest BCUT2D eigenvalue weighted by Crippen LogP contribution is 2.45. The number of rotatable bonds is 6. The van der Waals surface area contributed by atoms with Crippen LogP contribution < -0.4 is 21.1 Å². The summed E-state index contributed by atoms with van der Waals surface area (Å²) in [6, 6.07) is 6.42. The number of nitrogens with zero attached hydrogens (tertiary/aromatic N) is 2. The van der Waals surface area contributed by atoms with Gasteiger partial charge in [0, 0.05) is 23.7 Å². The van der Waals surface area contributed by atoms with Crippen LogP contribution in [0.1, 0.15) is 80.5 Å². The summed E-state index contributed by atoms with van der Waals surface area (Å²) in [5.74, 6) is 1.43. The van der Waals surface area contributed by atoms with E-state index in [0.717, 1.165) is 78.2 Å². The summed E-state index contributed by atoms with van der Waals surface area (Å²) in [6.45, 7) is 4.86. The molecule has 4 unspecified atom stereocenters. The summed E-state index contributed by atoms with van der Waals surface area (Å²) in [7, 11) is -3.43. The number of anilines is 1. The van der Waals surface area contributed by atoms with E-state index in [1.165, 1.54) is 19.3 Å². The number of urea groups is 2. The summed E-state index contributed by atoms with van der Waals surface area (Å²) in [5.41, 5.74) is 5.96. The highest BCUT2D eigenvalue weighted by Gasteiger charge is 2.40. The van der Waals surface area contributed by atoms with Crippen LogP contribution >= 0.6 is 0 Å². The molecule has 6 rings (SSSR count). The fraction of sp³-hybridized carbons (Fsp3) is 0.567. The van der Waals surface area contributed by atoms with E-state index in [0.29, 0.717) is 29.8 Å². The lowest BCUT2D eigenvalue weighted by molar-refractivity contribution is 0.231. The maximum atomic E-state index is 13.3. The van der Waals surface area contributed by atoms with Crippen LogP contribution in [0.5, 0.6) is 0 Å². The van der Waals surface area contributed by atoms with Gasteiger partial charge in [-0.05, 0) is 98.4 Å². The smallest absolute Gasteiger partial charge is 0.338 e. The van der Waals surface area contributed by atoms with Gasteiger partial charge < -0.3 is 16.0 Å². The minimum Gasteiger partial charge on any atom is -0.338 e. The van der Waals surface area contributed by atoms with Crippen LogP contribution in [0.3, 0.4) is 0 Å². The van der Waals surface area contributed by atoms with Crippen molar-refractivity contribution in [2.24, 2.45) is 21.3 Å². The first-order valence-electron chi connectivity index (χ1n) is 14.6. The molecule has 2 aromatic rings. The Morgan fingerprint density at radius 2 is 1.90 bits per heavy atom. The number of nitrogens with two attached hydrogens (primary N) is 1. The average Bonchev–Trinajstić information content (AvgIpc) is 3.69. The lowest BCUT2D eigenvalue weighted by Crippen LogP contribution is -2.44. The second kappa shape index (κ2) is 10.4. The first-order chi connectivity index (χ1) is 19.1. The molecule has 4 aliphatic rings. The van der Waals surface area contributed by atoms with Crippen molar-refractivity contribution < 1.29 is 13.8 Å². The number of aryl methyl sites for hydroxylation is 1. The predicted molar refractivity (Wildman–Crippen MR) is 156 cm³/mol. The molecule has 9 nitrogen and oxygen atoms in total. The molecule has 0 saturated heterocycles. The largest absolute Gasteiger partial charge is 0.354 e. The van der Waals surface area contributed by atoms with Crippen molar-refractivity contribution in [1.82, 2.24) is 15.6 Å². The number of aromatic nitrogens is 1. The maximum Gasteiger partial charge on any atom is 0.354 e. The SMILES string of the molecule is CC1(C)CCc2c1nc1c(c2NC(=O)N=S(N)(=O)c2ccc(CCNC(=O)NC3CC4CCC3C4)cc2)CCC1. The van der Waals surface area contributed by atoms with E-state index in [9.17, 15) is 13.8 Å². The van der Waals surface area contributed by atoms with Crippen LogP contribution in [0, 0.1) is 11.8 Å². The van der Waals surface area contributed by atoms with Crippen molar-refractivity contribution >= 4 is 27.7 Å². The normalized spacial score (nSPS) is 25.1. The fourth-order valence-electron chi connectivity index (χ4n) is 7.25. The summed E-state index contributed by atoms with van der Waals surface area (Å²) < 4.78 is 17.2.